The Labute approximate surface area is 233 Å². The highest BCUT2D eigenvalue weighted by molar-refractivity contribution is 6.09. The Bertz CT molecular complexity index is 1410. The number of hydrogen-bond donors (Lipinski definition) is 1. The third kappa shape index (κ3) is 2.72. The first-order chi connectivity index (χ1) is 18.7. The average molecular weight is 549 g/mol. The number of fused-ring (bicyclic) bond motifs is 6. The van der Waals surface area contributed by atoms with E-state index in [4.69, 9.17) is 14.2 Å². The largest absolute Gasteiger partial charge is 0.462 e. The van der Waals surface area contributed by atoms with Crippen molar-refractivity contribution in [3.05, 3.63) is 47.1 Å². The summed E-state index contributed by atoms with van der Waals surface area (Å²) in [6.45, 7) is 13.0. The van der Waals surface area contributed by atoms with E-state index in [1.165, 1.54) is 6.92 Å². The molecule has 2 heterocycles. The van der Waals surface area contributed by atoms with E-state index >= 15 is 0 Å². The second-order valence-electron chi connectivity index (χ2n) is 13.8. The molecule has 0 aromatic rings. The topological polar surface area (TPSA) is 116 Å². The lowest BCUT2D eigenvalue weighted by atomic mass is 9.54. The standard InChI is InChI=1S/C32H36O8/c1-14-11-19(34)21-15(2)12-20(38-17(4)33)23-25(22(14)21)40-28(36)32(23)13-31-10-9-29(32,5)26(31)24-18(7-8-30(31,6)37)16(3)27(35)39-24/h9-11,18,20,22-26,37H,3,7-8,12-13H2,1-2,4-6H3/t18-,20-,22-,23+,24-,25-,26-,29+,30+,31-,32-/m0/s1. The Balaban J connectivity index is 1.45. The van der Waals surface area contributed by atoms with Gasteiger partial charge >= 0.3 is 17.9 Å². The molecule has 4 fully saturated rings. The number of esters is 3. The Morgan fingerprint density at radius 3 is 2.55 bits per heavy atom. The minimum Gasteiger partial charge on any atom is -0.462 e. The number of hydrogen-bond acceptors (Lipinski definition) is 8. The van der Waals surface area contributed by atoms with Crippen LogP contribution >= 0.6 is 0 Å². The van der Waals surface area contributed by atoms with Crippen LogP contribution in [-0.2, 0) is 33.4 Å². The zero-order chi connectivity index (χ0) is 28.7. The molecule has 0 radical (unpaired) electrons. The van der Waals surface area contributed by atoms with Crippen LogP contribution in [0.3, 0.4) is 0 Å². The second kappa shape index (κ2) is 7.64. The summed E-state index contributed by atoms with van der Waals surface area (Å²) < 4.78 is 18.4. The fraction of sp³-hybridized carbons (Fsp3) is 0.625. The SMILES string of the molecule is C=C1C(=O)O[C@@H]2[C@@H]3[C@@]4(C=C[C@@]3(C)[C@]3(C4)C(=O)O[C@H]4[C@H]5C(C)=CC(=O)C5=C(C)C[C@H](OC(C)=O)[C@H]43)[C@](C)(O)CC[C@@H]12. The van der Waals surface area contributed by atoms with Gasteiger partial charge in [0.25, 0.3) is 0 Å². The van der Waals surface area contributed by atoms with Crippen LogP contribution in [0.25, 0.3) is 0 Å². The first kappa shape index (κ1) is 25.9. The molecule has 7 aliphatic rings. The number of carbonyl (C=O) groups excluding carboxylic acids is 4. The molecule has 0 amide bonds. The number of aliphatic hydroxyl groups is 1. The Morgan fingerprint density at radius 2 is 1.85 bits per heavy atom. The molecule has 2 saturated carbocycles. The van der Waals surface area contributed by atoms with Gasteiger partial charge in [0.2, 0.25) is 0 Å². The molecule has 0 aromatic carbocycles. The molecular formula is C32H36O8. The van der Waals surface area contributed by atoms with E-state index < -0.39 is 75.8 Å². The van der Waals surface area contributed by atoms with Gasteiger partial charge in [-0.3, -0.25) is 14.4 Å². The van der Waals surface area contributed by atoms with Crippen LogP contribution in [0.1, 0.15) is 60.3 Å². The number of rotatable bonds is 1. The van der Waals surface area contributed by atoms with Gasteiger partial charge in [-0.2, -0.15) is 0 Å². The molecule has 8 nitrogen and oxygen atoms in total. The van der Waals surface area contributed by atoms with E-state index in [-0.39, 0.29) is 18.1 Å². The highest BCUT2D eigenvalue weighted by Gasteiger charge is 2.84. The number of ether oxygens (including phenoxy) is 3. The monoisotopic (exact) mass is 548 g/mol. The normalized spacial score (nSPS) is 50.1. The molecule has 5 aliphatic carbocycles. The quantitative estimate of drug-likeness (QED) is 0.229. The third-order valence-corrected chi connectivity index (χ3v) is 12.1. The van der Waals surface area contributed by atoms with Gasteiger partial charge < -0.3 is 19.3 Å². The summed E-state index contributed by atoms with van der Waals surface area (Å²) in [6, 6.07) is 0. The Hall–Kier alpha value is -3.00. The van der Waals surface area contributed by atoms with Crippen LogP contribution in [0.2, 0.25) is 0 Å². The van der Waals surface area contributed by atoms with Gasteiger partial charge in [0.15, 0.2) is 5.78 Å². The molecule has 7 rings (SSSR count). The molecule has 2 aliphatic heterocycles. The first-order valence-electron chi connectivity index (χ1n) is 14.3. The zero-order valence-corrected chi connectivity index (χ0v) is 23.6. The van der Waals surface area contributed by atoms with Gasteiger partial charge in [-0.05, 0) is 46.1 Å². The zero-order valence-electron chi connectivity index (χ0n) is 23.6. The van der Waals surface area contributed by atoms with Gasteiger partial charge in [-0.15, -0.1) is 0 Å². The fourth-order valence-corrected chi connectivity index (χ4v) is 10.4. The van der Waals surface area contributed by atoms with E-state index in [1.807, 2.05) is 39.8 Å². The predicted octanol–water partition coefficient (Wildman–Crippen LogP) is 3.54. The third-order valence-electron chi connectivity index (χ3n) is 12.1. The summed E-state index contributed by atoms with van der Waals surface area (Å²) >= 11 is 0. The van der Waals surface area contributed by atoms with Gasteiger partial charge in [-0.1, -0.05) is 36.8 Å². The maximum atomic E-state index is 14.5. The molecule has 8 heteroatoms. The molecule has 0 aromatic heterocycles. The van der Waals surface area contributed by atoms with Crippen molar-refractivity contribution in [3.63, 3.8) is 0 Å². The maximum absolute atomic E-state index is 14.5. The van der Waals surface area contributed by atoms with Crippen molar-refractivity contribution in [2.75, 3.05) is 0 Å². The maximum Gasteiger partial charge on any atom is 0.334 e. The number of carbonyl (C=O) groups is 4. The van der Waals surface area contributed by atoms with E-state index in [2.05, 4.69) is 6.58 Å². The van der Waals surface area contributed by atoms with Crippen molar-refractivity contribution in [2.24, 2.45) is 39.9 Å². The molecule has 1 spiro atoms. The lowest BCUT2D eigenvalue weighted by molar-refractivity contribution is -0.160. The van der Waals surface area contributed by atoms with Crippen LogP contribution in [0, 0.1) is 39.9 Å². The van der Waals surface area contributed by atoms with Crippen LogP contribution in [0.5, 0.6) is 0 Å². The minimum atomic E-state index is -1.20. The molecule has 11 atom stereocenters. The molecular weight excluding hydrogens is 512 g/mol. The fourth-order valence-electron chi connectivity index (χ4n) is 10.4. The van der Waals surface area contributed by atoms with Crippen molar-refractivity contribution < 1.29 is 38.5 Å². The van der Waals surface area contributed by atoms with Crippen LogP contribution in [0.4, 0.5) is 0 Å². The number of allylic oxidation sites excluding steroid dienone is 2. The van der Waals surface area contributed by atoms with Gasteiger partial charge in [0.05, 0.1) is 16.9 Å². The smallest absolute Gasteiger partial charge is 0.334 e. The summed E-state index contributed by atoms with van der Waals surface area (Å²) in [5, 5.41) is 12.2. The van der Waals surface area contributed by atoms with Crippen LogP contribution < -0.4 is 0 Å². The highest BCUT2D eigenvalue weighted by Crippen LogP contribution is 2.80. The lowest BCUT2D eigenvalue weighted by Crippen LogP contribution is -2.53. The summed E-state index contributed by atoms with van der Waals surface area (Å²) in [5.41, 5.74) is -1.46. The summed E-state index contributed by atoms with van der Waals surface area (Å²) in [5.74, 6) is -3.06. The van der Waals surface area contributed by atoms with Crippen molar-refractivity contribution >= 4 is 23.7 Å². The van der Waals surface area contributed by atoms with Gasteiger partial charge in [0.1, 0.15) is 18.3 Å². The summed E-state index contributed by atoms with van der Waals surface area (Å²) in [7, 11) is 0. The van der Waals surface area contributed by atoms with Crippen molar-refractivity contribution in [1.29, 1.82) is 0 Å². The molecule has 0 unspecified atom stereocenters. The van der Waals surface area contributed by atoms with E-state index in [0.717, 1.165) is 11.1 Å². The molecule has 212 valence electrons. The minimum absolute atomic E-state index is 0.0934. The Morgan fingerprint density at radius 1 is 1.12 bits per heavy atom. The average Bonchev–Trinajstić information content (AvgIpc) is 3.53. The summed E-state index contributed by atoms with van der Waals surface area (Å²) in [6.07, 6.45) is 5.27. The Kier molecular flexibility index (Phi) is 4.95. The molecule has 2 bridgehead atoms. The van der Waals surface area contributed by atoms with Gasteiger partial charge in [-0.25, -0.2) is 4.79 Å². The predicted molar refractivity (Wildman–Crippen MR) is 141 cm³/mol. The summed E-state index contributed by atoms with van der Waals surface area (Å²) in [4.78, 5) is 52.9. The van der Waals surface area contributed by atoms with E-state index in [0.29, 0.717) is 30.4 Å². The van der Waals surface area contributed by atoms with Crippen molar-refractivity contribution in [2.45, 2.75) is 84.2 Å². The van der Waals surface area contributed by atoms with E-state index in [9.17, 15) is 24.3 Å². The molecule has 1 N–H and O–H groups in total. The van der Waals surface area contributed by atoms with Crippen LogP contribution in [-0.4, -0.2) is 52.7 Å². The van der Waals surface area contributed by atoms with Crippen LogP contribution in [0.15, 0.2) is 47.1 Å². The highest BCUT2D eigenvalue weighted by atomic mass is 16.6. The van der Waals surface area contributed by atoms with Crippen molar-refractivity contribution in [1.82, 2.24) is 0 Å². The van der Waals surface area contributed by atoms with E-state index in [1.54, 1.807) is 6.08 Å². The second-order valence-corrected chi connectivity index (χ2v) is 13.8. The van der Waals surface area contributed by atoms with Crippen molar-refractivity contribution in [3.8, 4) is 0 Å². The number of ketones is 1. The molecule has 2 saturated heterocycles. The lowest BCUT2D eigenvalue weighted by Gasteiger charge is -2.46. The molecule has 40 heavy (non-hydrogen) atoms. The van der Waals surface area contributed by atoms with Gasteiger partial charge in [0, 0.05) is 53.1 Å². The first-order valence-corrected chi connectivity index (χ1v) is 14.3.